The molecule has 2 aromatic heterocycles. The Balaban J connectivity index is 1.53. The van der Waals surface area contributed by atoms with Crippen molar-refractivity contribution in [2.75, 3.05) is 0 Å². The summed E-state index contributed by atoms with van der Waals surface area (Å²) in [6, 6.07) is 22.2. The lowest BCUT2D eigenvalue weighted by Crippen LogP contribution is -2.52. The Kier molecular flexibility index (Phi) is 6.53. The first-order valence-electron chi connectivity index (χ1n) is 12.8. The molecule has 3 N–H and O–H groups in total. The van der Waals surface area contributed by atoms with Crippen LogP contribution in [0, 0.1) is 0 Å². The standard InChI is InChI=1S/C31H32N4O3/c1-30(2,3)38-29(37)34-31(18-7-19-31)24-14-12-22(13-15-24)27-28(23-8-5-4-6-9-23)35-20-21(10-16-25(32)36)11-17-26(35)33-27/h4-6,8-17,20H,7,18-19H2,1-3H3,(H2,32,36)(H,34,37)/b16-10+. The summed E-state index contributed by atoms with van der Waals surface area (Å²) in [5.41, 5.74) is 10.8. The summed E-state index contributed by atoms with van der Waals surface area (Å²) in [6.45, 7) is 5.60. The predicted octanol–water partition coefficient (Wildman–Crippen LogP) is 6.07. The number of nitrogens with zero attached hydrogens (tertiary/aromatic N) is 2. The van der Waals surface area contributed by atoms with Gasteiger partial charge in [-0.2, -0.15) is 0 Å². The average molecular weight is 509 g/mol. The van der Waals surface area contributed by atoms with Crippen LogP contribution in [-0.2, 0) is 15.1 Å². The Bertz CT molecular complexity index is 1510. The minimum Gasteiger partial charge on any atom is -0.444 e. The van der Waals surface area contributed by atoms with Gasteiger partial charge in [0.05, 0.1) is 16.9 Å². The number of aromatic nitrogens is 2. The minimum absolute atomic E-state index is 0.394. The molecule has 1 saturated carbocycles. The van der Waals surface area contributed by atoms with Crippen LogP contribution >= 0.6 is 0 Å². The normalized spacial score (nSPS) is 14.8. The topological polar surface area (TPSA) is 98.7 Å². The highest BCUT2D eigenvalue weighted by atomic mass is 16.6. The summed E-state index contributed by atoms with van der Waals surface area (Å²) in [5, 5.41) is 3.13. The maximum absolute atomic E-state index is 12.6. The number of carbonyl (C=O) groups is 2. The average Bonchev–Trinajstić information content (AvgIpc) is 3.23. The first-order valence-corrected chi connectivity index (χ1v) is 12.8. The molecule has 2 aromatic carbocycles. The van der Waals surface area contributed by atoms with Crippen LogP contribution in [0.5, 0.6) is 0 Å². The van der Waals surface area contributed by atoms with Crippen molar-refractivity contribution in [3.63, 3.8) is 0 Å². The number of rotatable bonds is 6. The summed E-state index contributed by atoms with van der Waals surface area (Å²) >= 11 is 0. The van der Waals surface area contributed by atoms with Gasteiger partial charge >= 0.3 is 6.09 Å². The van der Waals surface area contributed by atoms with Crippen molar-refractivity contribution in [1.82, 2.24) is 14.7 Å². The molecule has 0 saturated heterocycles. The largest absolute Gasteiger partial charge is 0.444 e. The van der Waals surface area contributed by atoms with Crippen LogP contribution in [0.4, 0.5) is 4.79 Å². The van der Waals surface area contributed by atoms with E-state index in [1.165, 1.54) is 6.08 Å². The molecule has 0 atom stereocenters. The van der Waals surface area contributed by atoms with Crippen LogP contribution in [0.25, 0.3) is 34.2 Å². The summed E-state index contributed by atoms with van der Waals surface area (Å²) in [6.07, 6.45) is 7.40. The Morgan fingerprint density at radius 2 is 1.71 bits per heavy atom. The maximum atomic E-state index is 12.6. The molecule has 2 amide bonds. The molecule has 4 aromatic rings. The van der Waals surface area contributed by atoms with Crippen LogP contribution < -0.4 is 11.1 Å². The molecule has 0 bridgehead atoms. The van der Waals surface area contributed by atoms with E-state index in [9.17, 15) is 9.59 Å². The van der Waals surface area contributed by atoms with E-state index in [1.54, 1.807) is 6.08 Å². The zero-order chi connectivity index (χ0) is 26.9. The summed E-state index contributed by atoms with van der Waals surface area (Å²) in [7, 11) is 0. The van der Waals surface area contributed by atoms with Gasteiger partial charge in [0.1, 0.15) is 11.2 Å². The van der Waals surface area contributed by atoms with Gasteiger partial charge < -0.3 is 15.8 Å². The van der Waals surface area contributed by atoms with Crippen molar-refractivity contribution in [1.29, 1.82) is 0 Å². The number of hydrogen-bond donors (Lipinski definition) is 2. The number of hydrogen-bond acceptors (Lipinski definition) is 4. The Morgan fingerprint density at radius 1 is 1.00 bits per heavy atom. The van der Waals surface area contributed by atoms with Crippen molar-refractivity contribution >= 4 is 23.7 Å². The highest BCUT2D eigenvalue weighted by Crippen LogP contribution is 2.42. The quantitative estimate of drug-likeness (QED) is 0.309. The molecular weight excluding hydrogens is 476 g/mol. The van der Waals surface area contributed by atoms with Gasteiger partial charge in [-0.05, 0) is 69.4 Å². The molecule has 194 valence electrons. The molecule has 1 aliphatic carbocycles. The van der Waals surface area contributed by atoms with Gasteiger partial charge in [-0.3, -0.25) is 9.20 Å². The number of imidazole rings is 1. The van der Waals surface area contributed by atoms with E-state index in [0.717, 1.165) is 58.6 Å². The number of primary amides is 1. The molecule has 0 unspecified atom stereocenters. The van der Waals surface area contributed by atoms with Gasteiger partial charge in [0.15, 0.2) is 0 Å². The summed E-state index contributed by atoms with van der Waals surface area (Å²) in [4.78, 5) is 28.8. The van der Waals surface area contributed by atoms with Crippen LogP contribution in [-0.4, -0.2) is 27.0 Å². The van der Waals surface area contributed by atoms with Crippen molar-refractivity contribution in [2.45, 2.75) is 51.2 Å². The predicted molar refractivity (Wildman–Crippen MR) is 149 cm³/mol. The molecule has 0 aliphatic heterocycles. The number of amides is 2. The highest BCUT2D eigenvalue weighted by Gasteiger charge is 2.41. The van der Waals surface area contributed by atoms with Crippen molar-refractivity contribution in [3.8, 4) is 22.5 Å². The van der Waals surface area contributed by atoms with E-state index in [0.29, 0.717) is 0 Å². The van der Waals surface area contributed by atoms with Crippen LogP contribution in [0.3, 0.4) is 0 Å². The van der Waals surface area contributed by atoms with E-state index in [1.807, 2.05) is 61.7 Å². The Labute approximate surface area is 222 Å². The SMILES string of the molecule is CC(C)(C)OC(=O)NC1(c2ccc(-c3nc4ccc(/C=C/C(N)=O)cn4c3-c3ccccc3)cc2)CCC1. The van der Waals surface area contributed by atoms with Gasteiger partial charge in [0.2, 0.25) is 5.91 Å². The maximum Gasteiger partial charge on any atom is 0.408 e. The van der Waals surface area contributed by atoms with E-state index < -0.39 is 23.1 Å². The fourth-order valence-electron chi connectivity index (χ4n) is 4.87. The zero-order valence-electron chi connectivity index (χ0n) is 21.9. The minimum atomic E-state index is -0.550. The number of pyridine rings is 1. The summed E-state index contributed by atoms with van der Waals surface area (Å²) in [5.74, 6) is -0.495. The molecule has 7 nitrogen and oxygen atoms in total. The molecule has 7 heteroatoms. The monoisotopic (exact) mass is 508 g/mol. The lowest BCUT2D eigenvalue weighted by atomic mass is 9.71. The molecule has 1 fully saturated rings. The molecule has 2 heterocycles. The van der Waals surface area contributed by atoms with Gasteiger partial charge in [0.25, 0.3) is 0 Å². The summed E-state index contributed by atoms with van der Waals surface area (Å²) < 4.78 is 7.57. The van der Waals surface area contributed by atoms with E-state index in [4.69, 9.17) is 15.5 Å². The number of alkyl carbamates (subject to hydrolysis) is 1. The Morgan fingerprint density at radius 3 is 2.32 bits per heavy atom. The fraction of sp³-hybridized carbons (Fsp3) is 0.258. The third kappa shape index (κ3) is 5.18. The van der Waals surface area contributed by atoms with E-state index in [2.05, 4.69) is 41.7 Å². The Hall–Kier alpha value is -4.39. The van der Waals surface area contributed by atoms with Crippen LogP contribution in [0.15, 0.2) is 79.0 Å². The zero-order valence-corrected chi connectivity index (χ0v) is 21.9. The smallest absolute Gasteiger partial charge is 0.408 e. The molecule has 0 radical (unpaired) electrons. The lowest BCUT2D eigenvalue weighted by Gasteiger charge is -2.43. The molecule has 1 aliphatic rings. The number of fused-ring (bicyclic) bond motifs is 1. The molecular formula is C31H32N4O3. The van der Waals surface area contributed by atoms with Crippen LogP contribution in [0.2, 0.25) is 0 Å². The number of ether oxygens (including phenoxy) is 1. The van der Waals surface area contributed by atoms with Crippen LogP contribution in [0.1, 0.15) is 51.2 Å². The first-order chi connectivity index (χ1) is 18.1. The van der Waals surface area contributed by atoms with E-state index >= 15 is 0 Å². The van der Waals surface area contributed by atoms with Gasteiger partial charge in [0, 0.05) is 23.4 Å². The van der Waals surface area contributed by atoms with Gasteiger partial charge in [-0.15, -0.1) is 0 Å². The molecule has 0 spiro atoms. The molecule has 5 rings (SSSR count). The van der Waals surface area contributed by atoms with Crippen molar-refractivity contribution in [2.24, 2.45) is 5.73 Å². The third-order valence-corrected chi connectivity index (χ3v) is 6.79. The van der Waals surface area contributed by atoms with Gasteiger partial charge in [-0.1, -0.05) is 54.6 Å². The third-order valence-electron chi connectivity index (χ3n) is 6.79. The molecule has 38 heavy (non-hydrogen) atoms. The lowest BCUT2D eigenvalue weighted by molar-refractivity contribution is -0.113. The second kappa shape index (κ2) is 9.82. The second-order valence-corrected chi connectivity index (χ2v) is 10.7. The van der Waals surface area contributed by atoms with E-state index in [-0.39, 0.29) is 0 Å². The van der Waals surface area contributed by atoms with Gasteiger partial charge in [-0.25, -0.2) is 9.78 Å². The number of carbonyl (C=O) groups excluding carboxylic acids is 2. The fourth-order valence-corrected chi connectivity index (χ4v) is 4.87. The van der Waals surface area contributed by atoms with Crippen molar-refractivity contribution < 1.29 is 14.3 Å². The second-order valence-electron chi connectivity index (χ2n) is 10.7. The number of nitrogens with one attached hydrogen (secondary N) is 1. The number of benzene rings is 2. The number of nitrogens with two attached hydrogens (primary N) is 1. The van der Waals surface area contributed by atoms with Crippen molar-refractivity contribution in [3.05, 3.63) is 90.1 Å². The first kappa shape index (κ1) is 25.3. The highest BCUT2D eigenvalue weighted by molar-refractivity contribution is 5.90.